The van der Waals surface area contributed by atoms with Crippen LogP contribution in [-0.4, -0.2) is 53.5 Å². The number of nitrogens with two attached hydrogens (primary N) is 2. The third-order valence-electron chi connectivity index (χ3n) is 3.39. The van der Waals surface area contributed by atoms with Gasteiger partial charge in [0.2, 0.25) is 5.16 Å². The molecule has 14 heteroatoms. The molecule has 0 fully saturated rings. The van der Waals surface area contributed by atoms with Crippen molar-refractivity contribution < 1.29 is 8.98 Å². The smallest absolute Gasteiger partial charge is 0.336 e. The molecule has 0 saturated heterocycles. The fraction of sp³-hybridized carbons (Fsp3) is 0.533. The van der Waals surface area contributed by atoms with E-state index < -0.39 is 34.4 Å². The van der Waals surface area contributed by atoms with Crippen LogP contribution in [0.25, 0.3) is 0 Å². The molecule has 2 aromatic heterocycles. The van der Waals surface area contributed by atoms with Gasteiger partial charge in [0.15, 0.2) is 0 Å². The van der Waals surface area contributed by atoms with Crippen LogP contribution in [0.5, 0.6) is 0 Å². The largest absolute Gasteiger partial charge is 0.382 e. The fourth-order valence-corrected chi connectivity index (χ4v) is 3.77. The molecular formula is C15H22N8O4S2. The Labute approximate surface area is 174 Å². The molecule has 0 aliphatic rings. The minimum Gasteiger partial charge on any atom is -0.382 e. The van der Waals surface area contributed by atoms with Gasteiger partial charge >= 0.3 is 5.97 Å². The first-order chi connectivity index (χ1) is 13.6. The molecule has 12 nitrogen and oxygen atoms in total. The molecule has 0 bridgehead atoms. The van der Waals surface area contributed by atoms with Gasteiger partial charge in [-0.15, -0.1) is 22.0 Å². The number of thioether (sulfide) groups is 1. The van der Waals surface area contributed by atoms with Crippen LogP contribution in [0.2, 0.25) is 0 Å². The summed E-state index contributed by atoms with van der Waals surface area (Å²) >= 11 is 1.88. The van der Waals surface area contributed by atoms with Crippen molar-refractivity contribution >= 4 is 29.8 Å². The van der Waals surface area contributed by atoms with Crippen LogP contribution in [0, 0.1) is 5.41 Å². The molecule has 3 unspecified atom stereocenters. The van der Waals surface area contributed by atoms with Crippen LogP contribution in [0.15, 0.2) is 27.1 Å². The van der Waals surface area contributed by atoms with Crippen LogP contribution in [0.4, 0.5) is 0 Å². The Kier molecular flexibility index (Phi) is 7.89. The Morgan fingerprint density at radius 2 is 1.76 bits per heavy atom. The molecule has 0 aliphatic heterocycles. The third kappa shape index (κ3) is 7.23. The summed E-state index contributed by atoms with van der Waals surface area (Å²) in [6.07, 6.45) is 1.97. The van der Waals surface area contributed by atoms with Gasteiger partial charge in [-0.2, -0.15) is 10.2 Å². The summed E-state index contributed by atoms with van der Waals surface area (Å²) in [7, 11) is 0. The number of carbonyl (C=O) groups is 1. The summed E-state index contributed by atoms with van der Waals surface area (Å²) in [5, 5.41) is 13.9. The highest BCUT2D eigenvalue weighted by molar-refractivity contribution is 7.99. The maximum atomic E-state index is 12.5. The lowest BCUT2D eigenvalue weighted by molar-refractivity contribution is -0.135. The Morgan fingerprint density at radius 3 is 2.34 bits per heavy atom. The molecule has 6 N–H and O–H groups in total. The van der Waals surface area contributed by atoms with Gasteiger partial charge in [-0.1, -0.05) is 20.8 Å². The molecule has 3 atom stereocenters. The lowest BCUT2D eigenvalue weighted by atomic mass is 9.99. The zero-order valence-electron chi connectivity index (χ0n) is 16.0. The van der Waals surface area contributed by atoms with Crippen molar-refractivity contribution in [3.63, 3.8) is 0 Å². The van der Waals surface area contributed by atoms with Gasteiger partial charge in [0.1, 0.15) is 36.3 Å². The molecule has 0 aliphatic carbocycles. The zero-order valence-corrected chi connectivity index (χ0v) is 17.6. The molecule has 0 saturated carbocycles. The summed E-state index contributed by atoms with van der Waals surface area (Å²) in [6, 6.07) is -1.26. The van der Waals surface area contributed by atoms with Gasteiger partial charge in [-0.3, -0.25) is 14.6 Å². The highest BCUT2D eigenvalue weighted by atomic mass is 32.2. The second-order valence-electron chi connectivity index (χ2n) is 7.23. The molecule has 0 radical (unpaired) electrons. The van der Waals surface area contributed by atoms with Crippen LogP contribution in [0.3, 0.4) is 0 Å². The van der Waals surface area contributed by atoms with Crippen LogP contribution in [0.1, 0.15) is 32.5 Å². The first-order valence-electron chi connectivity index (χ1n) is 8.42. The second kappa shape index (κ2) is 9.96. The number of hydrogen-bond donors (Lipinski definition) is 4. The second-order valence-corrected chi connectivity index (χ2v) is 9.12. The molecule has 0 amide bonds. The van der Waals surface area contributed by atoms with Gasteiger partial charge in [0.05, 0.1) is 11.3 Å². The molecule has 158 valence electrons. The van der Waals surface area contributed by atoms with Crippen molar-refractivity contribution in [3.8, 4) is 0 Å². The number of H-pyrrole nitrogens is 2. The van der Waals surface area contributed by atoms with Crippen LogP contribution < -0.4 is 22.6 Å². The molecule has 29 heavy (non-hydrogen) atoms. The minimum atomic E-state index is -1.26. The van der Waals surface area contributed by atoms with Crippen molar-refractivity contribution in [3.05, 3.63) is 38.9 Å². The fourth-order valence-electron chi connectivity index (χ4n) is 2.07. The first-order valence-corrected chi connectivity index (χ1v) is 10.2. The number of carbonyl (C=O) groups excluding carboxylic acids is 1. The van der Waals surface area contributed by atoms with E-state index >= 15 is 0 Å². The van der Waals surface area contributed by atoms with E-state index in [1.165, 1.54) is 11.8 Å². The van der Waals surface area contributed by atoms with E-state index in [1.54, 1.807) is 0 Å². The predicted octanol–water partition coefficient (Wildman–Crippen LogP) is -0.631. The van der Waals surface area contributed by atoms with Gasteiger partial charge in [0, 0.05) is 0 Å². The minimum absolute atomic E-state index is 0.0195. The quantitative estimate of drug-likeness (QED) is 0.299. The molecule has 0 aromatic carbocycles. The summed E-state index contributed by atoms with van der Waals surface area (Å²) in [5.41, 5.74) is 11.4. The van der Waals surface area contributed by atoms with Crippen molar-refractivity contribution in [1.29, 1.82) is 0 Å². The number of hydrogen-bond acceptors (Lipinski definition) is 12. The highest BCUT2D eigenvalue weighted by Crippen LogP contribution is 2.30. The van der Waals surface area contributed by atoms with Crippen LogP contribution in [-0.2, 0) is 8.98 Å². The predicted molar refractivity (Wildman–Crippen MR) is 108 cm³/mol. The Morgan fingerprint density at radius 1 is 1.14 bits per heavy atom. The lowest BCUT2D eigenvalue weighted by Gasteiger charge is -2.28. The molecule has 2 heterocycles. The monoisotopic (exact) mass is 442 g/mol. The standard InChI is InChI=1S/C15H22N8O4S2/c1-15(2,3)6-28-11(17)9(12-20-7(24)4-18-22-12)10(16)13(26)27-29-14-21-8(25)5-19-23-14/h4-5,9-11H,6,16-17H2,1-3H3,(H,20,22,24)(H,21,23,25). The lowest BCUT2D eigenvalue weighted by Crippen LogP contribution is -2.46. The average Bonchev–Trinajstić information content (AvgIpc) is 2.64. The molecule has 0 spiro atoms. The normalized spacial score (nSPS) is 14.8. The van der Waals surface area contributed by atoms with Gasteiger partial charge in [0.25, 0.3) is 11.1 Å². The maximum absolute atomic E-state index is 12.5. The van der Waals surface area contributed by atoms with Crippen molar-refractivity contribution in [2.24, 2.45) is 16.9 Å². The SMILES string of the molecule is CC(C)(C)CSC(N)C(c1nncc(=O)[nH]1)C(N)C(=O)OSc1nncc(=O)[nH]1. The number of nitrogens with zero attached hydrogens (tertiary/aromatic N) is 4. The Bertz CT molecular complexity index is 944. The van der Waals surface area contributed by atoms with Crippen molar-refractivity contribution in [2.45, 2.75) is 43.3 Å². The van der Waals surface area contributed by atoms with E-state index in [9.17, 15) is 14.4 Å². The third-order valence-corrected chi connectivity index (χ3v) is 5.69. The van der Waals surface area contributed by atoms with Gasteiger partial charge < -0.3 is 20.6 Å². The Hall–Kier alpha value is -2.29. The highest BCUT2D eigenvalue weighted by Gasteiger charge is 2.36. The number of rotatable bonds is 8. The van der Waals surface area contributed by atoms with Gasteiger partial charge in [-0.05, 0) is 11.2 Å². The topological polar surface area (TPSA) is 196 Å². The number of aromatic amines is 2. The summed E-state index contributed by atoms with van der Waals surface area (Å²) < 4.78 is 5.05. The maximum Gasteiger partial charge on any atom is 0.336 e. The van der Waals surface area contributed by atoms with E-state index in [0.29, 0.717) is 17.8 Å². The van der Waals surface area contributed by atoms with Crippen molar-refractivity contribution in [1.82, 2.24) is 30.4 Å². The van der Waals surface area contributed by atoms with E-state index in [4.69, 9.17) is 15.7 Å². The first kappa shape index (κ1) is 23.0. The van der Waals surface area contributed by atoms with E-state index in [2.05, 4.69) is 30.4 Å². The van der Waals surface area contributed by atoms with Crippen LogP contribution >= 0.6 is 23.8 Å². The number of aromatic nitrogens is 6. The average molecular weight is 443 g/mol. The molecule has 2 rings (SSSR count). The zero-order chi connectivity index (χ0) is 21.6. The van der Waals surface area contributed by atoms with Crippen molar-refractivity contribution in [2.75, 3.05) is 5.75 Å². The molecule has 2 aromatic rings. The molecular weight excluding hydrogens is 420 g/mol. The van der Waals surface area contributed by atoms with E-state index in [1.807, 2.05) is 20.8 Å². The summed E-state index contributed by atoms with van der Waals surface area (Å²) in [5.74, 6) is -0.969. The summed E-state index contributed by atoms with van der Waals surface area (Å²) in [6.45, 7) is 6.12. The number of nitrogens with one attached hydrogen (secondary N) is 2. The van der Waals surface area contributed by atoms with E-state index in [-0.39, 0.29) is 16.4 Å². The summed E-state index contributed by atoms with van der Waals surface area (Å²) in [4.78, 5) is 40.2. The van der Waals surface area contributed by atoms with E-state index in [0.717, 1.165) is 12.4 Å². The Balaban J connectivity index is 2.18. The van der Waals surface area contributed by atoms with Gasteiger partial charge in [-0.25, -0.2) is 4.79 Å².